The number of hydrogen-bond donors (Lipinski definition) is 0. The summed E-state index contributed by atoms with van der Waals surface area (Å²) in [6.45, 7) is 2.66. The molecule has 1 aromatic carbocycles. The summed E-state index contributed by atoms with van der Waals surface area (Å²) in [5.41, 5.74) is 5.63. The Labute approximate surface area is 185 Å². The minimum Gasteiger partial charge on any atom is -0.332 e. The van der Waals surface area contributed by atoms with Gasteiger partial charge < -0.3 is 4.90 Å². The van der Waals surface area contributed by atoms with E-state index in [0.717, 1.165) is 32.1 Å². The molecule has 3 aromatic heterocycles. The van der Waals surface area contributed by atoms with Gasteiger partial charge in [-0.05, 0) is 37.1 Å². The number of nitrogens with zero attached hydrogens (tertiary/aromatic N) is 6. The van der Waals surface area contributed by atoms with Crippen LogP contribution in [0.15, 0.2) is 23.7 Å². The van der Waals surface area contributed by atoms with Crippen LogP contribution >= 0.6 is 11.3 Å². The summed E-state index contributed by atoms with van der Waals surface area (Å²) in [6, 6.07) is 4.69. The molecule has 11 heteroatoms. The van der Waals surface area contributed by atoms with Crippen LogP contribution in [0, 0.1) is 6.92 Å². The van der Waals surface area contributed by atoms with E-state index in [0.29, 0.717) is 36.5 Å². The van der Waals surface area contributed by atoms with Gasteiger partial charge in [0.1, 0.15) is 11.4 Å². The van der Waals surface area contributed by atoms with E-state index in [-0.39, 0.29) is 11.6 Å². The van der Waals surface area contributed by atoms with E-state index in [1.165, 1.54) is 18.4 Å². The lowest BCUT2D eigenvalue weighted by Gasteiger charge is -2.27. The number of fused-ring (bicyclic) bond motifs is 2. The van der Waals surface area contributed by atoms with Crippen molar-refractivity contribution < 1.29 is 18.0 Å². The number of aryl methyl sites for hydroxylation is 3. The van der Waals surface area contributed by atoms with Gasteiger partial charge in [0.25, 0.3) is 5.91 Å². The molecule has 0 saturated heterocycles. The Morgan fingerprint density at radius 1 is 1.16 bits per heavy atom. The second-order valence-corrected chi connectivity index (χ2v) is 8.70. The molecule has 4 heterocycles. The maximum atomic E-state index is 13.3. The summed E-state index contributed by atoms with van der Waals surface area (Å²) in [5.74, 6) is -0.0900. The molecule has 1 aliphatic heterocycles. The van der Waals surface area contributed by atoms with Crippen LogP contribution in [0.4, 0.5) is 13.2 Å². The summed E-state index contributed by atoms with van der Waals surface area (Å²) >= 11 is 1.50. The zero-order valence-corrected chi connectivity index (χ0v) is 18.4. The van der Waals surface area contributed by atoms with Gasteiger partial charge in [-0.3, -0.25) is 14.2 Å². The highest BCUT2D eigenvalue weighted by atomic mass is 32.1. The van der Waals surface area contributed by atoms with Gasteiger partial charge >= 0.3 is 6.18 Å². The number of carbonyl (C=O) groups is 1. The molecule has 0 unspecified atom stereocenters. The molecule has 0 radical (unpaired) electrons. The number of benzene rings is 1. The zero-order valence-electron chi connectivity index (χ0n) is 17.6. The number of carbonyl (C=O) groups excluding carboxylic acids is 1. The van der Waals surface area contributed by atoms with Crippen molar-refractivity contribution in [3.05, 3.63) is 51.8 Å². The number of amides is 1. The molecule has 0 fully saturated rings. The molecule has 0 bridgehead atoms. The van der Waals surface area contributed by atoms with Crippen LogP contribution in [0.3, 0.4) is 0 Å². The molecular weight excluding hydrogens is 441 g/mol. The van der Waals surface area contributed by atoms with Crippen LogP contribution in [0.1, 0.15) is 32.9 Å². The summed E-state index contributed by atoms with van der Waals surface area (Å²) in [4.78, 5) is 19.3. The highest BCUT2D eigenvalue weighted by Crippen LogP contribution is 2.35. The van der Waals surface area contributed by atoms with E-state index in [4.69, 9.17) is 0 Å². The van der Waals surface area contributed by atoms with Crippen LogP contribution in [0.25, 0.3) is 21.6 Å². The number of hydrogen-bond acceptors (Lipinski definition) is 5. The molecule has 4 aromatic rings. The summed E-state index contributed by atoms with van der Waals surface area (Å²) in [7, 11) is 2.96. The summed E-state index contributed by atoms with van der Waals surface area (Å²) in [6.07, 6.45) is -4.00. The molecule has 5 rings (SSSR count). The molecule has 32 heavy (non-hydrogen) atoms. The first-order valence-corrected chi connectivity index (χ1v) is 10.8. The van der Waals surface area contributed by atoms with Crippen LogP contribution in [0.2, 0.25) is 0 Å². The predicted molar refractivity (Wildman–Crippen MR) is 113 cm³/mol. The maximum Gasteiger partial charge on any atom is 0.433 e. The number of aromatic nitrogens is 5. The molecule has 166 valence electrons. The Morgan fingerprint density at radius 3 is 2.66 bits per heavy atom. The Balaban J connectivity index is 1.46. The fraction of sp³-hybridized carbons (Fsp3) is 0.333. The smallest absolute Gasteiger partial charge is 0.332 e. The minimum absolute atomic E-state index is 0.0900. The lowest BCUT2D eigenvalue weighted by atomic mass is 10.0. The van der Waals surface area contributed by atoms with E-state index in [9.17, 15) is 18.0 Å². The van der Waals surface area contributed by atoms with Crippen LogP contribution in [0.5, 0.6) is 0 Å². The van der Waals surface area contributed by atoms with Crippen LogP contribution < -0.4 is 0 Å². The van der Waals surface area contributed by atoms with Crippen molar-refractivity contribution in [1.82, 2.24) is 29.4 Å². The second kappa shape index (κ2) is 7.16. The van der Waals surface area contributed by atoms with Crippen molar-refractivity contribution in [3.8, 4) is 11.4 Å². The zero-order chi connectivity index (χ0) is 22.8. The molecule has 0 atom stereocenters. The standard InChI is InChI=1S/C21H19F3N6OS/c1-11-12(4-5-14-19(11)32-10-25-14)20(31)30-7-6-13-16(9-30)27-29(3)18(13)15-8-17(21(22,23)24)28(2)26-15/h4-5,8,10H,6-7,9H2,1-3H3. The Hall–Kier alpha value is -3.21. The molecule has 7 nitrogen and oxygen atoms in total. The monoisotopic (exact) mass is 460 g/mol. The first-order chi connectivity index (χ1) is 15.1. The Kier molecular flexibility index (Phi) is 4.63. The third kappa shape index (κ3) is 3.19. The Bertz CT molecular complexity index is 1370. The second-order valence-electron chi connectivity index (χ2n) is 7.85. The maximum absolute atomic E-state index is 13.3. The van der Waals surface area contributed by atoms with Crippen molar-refractivity contribution in [1.29, 1.82) is 0 Å². The van der Waals surface area contributed by atoms with Crippen LogP contribution in [-0.4, -0.2) is 41.9 Å². The first kappa shape index (κ1) is 20.7. The number of rotatable bonds is 2. The topological polar surface area (TPSA) is 68.8 Å². The third-order valence-corrected chi connectivity index (χ3v) is 6.84. The molecule has 1 aliphatic rings. The average Bonchev–Trinajstić information content (AvgIpc) is 3.43. The van der Waals surface area contributed by atoms with E-state index < -0.39 is 11.9 Å². The SMILES string of the molecule is Cc1c(C(=O)N2CCc3c(nn(C)c3-c3cc(C(F)(F)F)n(C)n3)C2)ccc2ncsc12. The molecular formula is C21H19F3N6OS. The summed E-state index contributed by atoms with van der Waals surface area (Å²) in [5, 5.41) is 8.58. The molecule has 0 saturated carbocycles. The normalized spacial score (nSPS) is 14.2. The average molecular weight is 460 g/mol. The lowest BCUT2D eigenvalue weighted by molar-refractivity contribution is -0.143. The van der Waals surface area contributed by atoms with Crippen molar-refractivity contribution in [3.63, 3.8) is 0 Å². The van der Waals surface area contributed by atoms with E-state index >= 15 is 0 Å². The third-order valence-electron chi connectivity index (χ3n) is 5.88. The first-order valence-electron chi connectivity index (χ1n) is 9.93. The fourth-order valence-corrected chi connectivity index (χ4v) is 5.13. The van der Waals surface area contributed by atoms with Gasteiger partial charge in [-0.15, -0.1) is 11.3 Å². The van der Waals surface area contributed by atoms with Gasteiger partial charge in [0.2, 0.25) is 0 Å². The summed E-state index contributed by atoms with van der Waals surface area (Å²) < 4.78 is 43.1. The van der Waals surface area contributed by atoms with Crippen molar-refractivity contribution in [2.45, 2.75) is 26.1 Å². The Morgan fingerprint density at radius 2 is 1.94 bits per heavy atom. The predicted octanol–water partition coefficient (Wildman–Crippen LogP) is 3.96. The van der Waals surface area contributed by atoms with Gasteiger partial charge in [-0.25, -0.2) is 4.98 Å². The van der Waals surface area contributed by atoms with Gasteiger partial charge in [-0.2, -0.15) is 23.4 Å². The lowest BCUT2D eigenvalue weighted by Crippen LogP contribution is -2.36. The van der Waals surface area contributed by atoms with Crippen molar-refractivity contribution in [2.75, 3.05) is 6.54 Å². The number of halogens is 3. The van der Waals surface area contributed by atoms with Crippen molar-refractivity contribution in [2.24, 2.45) is 14.1 Å². The molecule has 0 spiro atoms. The number of alkyl halides is 3. The van der Waals surface area contributed by atoms with Crippen LogP contribution in [-0.2, 0) is 33.2 Å². The van der Waals surface area contributed by atoms with Crippen molar-refractivity contribution >= 4 is 27.5 Å². The van der Waals surface area contributed by atoms with Gasteiger partial charge in [0.05, 0.1) is 33.7 Å². The van der Waals surface area contributed by atoms with Gasteiger partial charge in [0.15, 0.2) is 0 Å². The fourth-order valence-electron chi connectivity index (χ4n) is 4.33. The largest absolute Gasteiger partial charge is 0.433 e. The number of thiazole rings is 1. The van der Waals surface area contributed by atoms with E-state index in [1.807, 2.05) is 13.0 Å². The quantitative estimate of drug-likeness (QED) is 0.454. The van der Waals surface area contributed by atoms with E-state index in [1.54, 1.807) is 28.2 Å². The molecule has 1 amide bonds. The van der Waals surface area contributed by atoms with Gasteiger partial charge in [0, 0.05) is 31.8 Å². The van der Waals surface area contributed by atoms with E-state index in [2.05, 4.69) is 15.2 Å². The molecule has 0 aliphatic carbocycles. The van der Waals surface area contributed by atoms with Gasteiger partial charge in [-0.1, -0.05) is 0 Å². The highest BCUT2D eigenvalue weighted by Gasteiger charge is 2.36. The highest BCUT2D eigenvalue weighted by molar-refractivity contribution is 7.17. The molecule has 0 N–H and O–H groups in total. The minimum atomic E-state index is -4.49.